The van der Waals surface area contributed by atoms with Crippen molar-refractivity contribution in [2.45, 2.75) is 6.92 Å². The molecule has 2 N–H and O–H groups in total. The summed E-state index contributed by atoms with van der Waals surface area (Å²) < 4.78 is 0. The maximum absolute atomic E-state index is 12.5. The number of hydrogen-bond donors (Lipinski definition) is 2. The molecule has 4 aromatic rings. The largest absolute Gasteiger partial charge is 0.357 e. The van der Waals surface area contributed by atoms with Crippen molar-refractivity contribution in [3.05, 3.63) is 66.0 Å². The van der Waals surface area contributed by atoms with Gasteiger partial charge in [-0.05, 0) is 56.9 Å². The van der Waals surface area contributed by atoms with Crippen LogP contribution in [0.15, 0.2) is 54.9 Å². The molecule has 0 aliphatic heterocycles. The first-order valence-electron chi connectivity index (χ1n) is 9.85. The van der Waals surface area contributed by atoms with E-state index in [1.54, 1.807) is 12.4 Å². The summed E-state index contributed by atoms with van der Waals surface area (Å²) in [6, 6.07) is 17.3. The van der Waals surface area contributed by atoms with Crippen molar-refractivity contribution in [3.63, 3.8) is 0 Å². The molecule has 2 heterocycles. The van der Waals surface area contributed by atoms with Crippen LogP contribution in [-0.2, 0) is 0 Å². The van der Waals surface area contributed by atoms with Gasteiger partial charge < -0.3 is 10.3 Å². The highest BCUT2D eigenvalue weighted by Crippen LogP contribution is 2.35. The van der Waals surface area contributed by atoms with Gasteiger partial charge in [0.15, 0.2) is 5.78 Å². The van der Waals surface area contributed by atoms with Crippen LogP contribution in [0.1, 0.15) is 22.8 Å². The minimum Gasteiger partial charge on any atom is -0.357 e. The summed E-state index contributed by atoms with van der Waals surface area (Å²) in [7, 11) is 3.87. The molecule has 0 amide bonds. The molecule has 0 spiro atoms. The number of hydrogen-bond acceptors (Lipinski definition) is 6. The summed E-state index contributed by atoms with van der Waals surface area (Å²) in [4.78, 5) is 26.7. The minimum absolute atomic E-state index is 0.0741. The van der Waals surface area contributed by atoms with Gasteiger partial charge in [0, 0.05) is 11.1 Å². The zero-order chi connectivity index (χ0) is 22.0. The Labute approximate surface area is 180 Å². The first-order chi connectivity index (χ1) is 15.0. The smallest absolute Gasteiger partial charge is 0.163 e. The topological polar surface area (TPSA) is 97.7 Å². The number of nitrogens with one attached hydrogen (secondary N) is 2. The van der Waals surface area contributed by atoms with E-state index < -0.39 is 0 Å². The molecular weight excluding hydrogens is 388 g/mol. The fourth-order valence-corrected chi connectivity index (χ4v) is 3.43. The Morgan fingerprint density at radius 3 is 2.74 bits per heavy atom. The molecule has 7 heteroatoms. The van der Waals surface area contributed by atoms with Crippen LogP contribution in [0.25, 0.3) is 33.4 Å². The van der Waals surface area contributed by atoms with E-state index in [0.29, 0.717) is 29.3 Å². The molecule has 7 nitrogen and oxygen atoms in total. The number of H-pyrrole nitrogens is 1. The maximum atomic E-state index is 12.5. The third-order valence-electron chi connectivity index (χ3n) is 4.96. The maximum Gasteiger partial charge on any atom is 0.163 e. The first kappa shape index (κ1) is 20.3. The van der Waals surface area contributed by atoms with Crippen molar-refractivity contribution < 1.29 is 4.79 Å². The lowest BCUT2D eigenvalue weighted by atomic mass is 9.95. The average molecular weight is 410 g/mol. The highest BCUT2D eigenvalue weighted by atomic mass is 16.1. The molecular formula is C24H22N6O. The van der Waals surface area contributed by atoms with E-state index in [0.717, 1.165) is 27.7 Å². The zero-order valence-corrected chi connectivity index (χ0v) is 17.6. The van der Waals surface area contributed by atoms with Gasteiger partial charge in [0.05, 0.1) is 46.9 Å². The van der Waals surface area contributed by atoms with Gasteiger partial charge in [-0.2, -0.15) is 5.26 Å². The molecule has 0 unspecified atom stereocenters. The van der Waals surface area contributed by atoms with E-state index in [4.69, 9.17) is 4.98 Å². The molecule has 2 aromatic carbocycles. The summed E-state index contributed by atoms with van der Waals surface area (Å²) in [5.41, 5.74) is 6.04. The Hall–Kier alpha value is -4.02. The summed E-state index contributed by atoms with van der Waals surface area (Å²) >= 11 is 0. The molecule has 31 heavy (non-hydrogen) atoms. The highest BCUT2D eigenvalue weighted by molar-refractivity contribution is 6.02. The number of aromatic nitrogens is 3. The van der Waals surface area contributed by atoms with Crippen molar-refractivity contribution in [3.8, 4) is 28.5 Å². The summed E-state index contributed by atoms with van der Waals surface area (Å²) in [5.74, 6) is 0.444. The molecule has 0 saturated heterocycles. The number of benzene rings is 2. The standard InChI is InChI=1S/C24H22N6O/c1-15(31)19-11-20(17-7-8-21-22(10-17)27-13-26-21)23(29-24(19)28-14-30(2)3)18-6-4-5-16(9-18)12-25/h4-11,13H,14H2,1-3H3,(H,26,27)(H,28,29). The van der Waals surface area contributed by atoms with E-state index in [2.05, 4.69) is 21.4 Å². The van der Waals surface area contributed by atoms with Crippen LogP contribution in [0.4, 0.5) is 5.82 Å². The number of carbonyl (C=O) groups is 1. The third-order valence-corrected chi connectivity index (χ3v) is 4.96. The van der Waals surface area contributed by atoms with Gasteiger partial charge in [-0.3, -0.25) is 9.69 Å². The van der Waals surface area contributed by atoms with Gasteiger partial charge in [-0.25, -0.2) is 9.97 Å². The van der Waals surface area contributed by atoms with Crippen LogP contribution in [0.2, 0.25) is 0 Å². The summed E-state index contributed by atoms with van der Waals surface area (Å²) in [6.45, 7) is 2.07. The number of ketones is 1. The molecule has 0 bridgehead atoms. The van der Waals surface area contributed by atoms with Crippen molar-refractivity contribution in [2.75, 3.05) is 26.1 Å². The fraction of sp³-hybridized carbons (Fsp3) is 0.167. The van der Waals surface area contributed by atoms with Crippen LogP contribution < -0.4 is 5.32 Å². The molecule has 0 atom stereocenters. The molecule has 0 aliphatic rings. The lowest BCUT2D eigenvalue weighted by Crippen LogP contribution is -2.22. The van der Waals surface area contributed by atoms with Crippen LogP contribution in [0, 0.1) is 11.3 Å². The number of aromatic amines is 1. The molecule has 0 fully saturated rings. The number of rotatable bonds is 6. The average Bonchev–Trinajstić information content (AvgIpc) is 3.25. The predicted octanol–water partition coefficient (Wildman–Crippen LogP) is 4.30. The second-order valence-electron chi connectivity index (χ2n) is 7.58. The number of carbonyl (C=O) groups excluding carboxylic acids is 1. The number of pyridine rings is 1. The SMILES string of the molecule is CC(=O)c1cc(-c2ccc3nc[nH]c3c2)c(-c2cccc(C#N)c2)nc1NCN(C)C. The van der Waals surface area contributed by atoms with E-state index in [1.807, 2.05) is 61.5 Å². The molecule has 0 radical (unpaired) electrons. The third kappa shape index (κ3) is 4.15. The number of fused-ring (bicyclic) bond motifs is 1. The Balaban J connectivity index is 1.97. The van der Waals surface area contributed by atoms with Crippen molar-refractivity contribution in [1.82, 2.24) is 19.9 Å². The van der Waals surface area contributed by atoms with E-state index in [9.17, 15) is 10.1 Å². The molecule has 0 saturated carbocycles. The normalized spacial score (nSPS) is 10.9. The van der Waals surface area contributed by atoms with E-state index >= 15 is 0 Å². The lowest BCUT2D eigenvalue weighted by Gasteiger charge is -2.18. The van der Waals surface area contributed by atoms with E-state index in [-0.39, 0.29) is 5.78 Å². The van der Waals surface area contributed by atoms with Crippen LogP contribution in [0.5, 0.6) is 0 Å². The Kier molecular flexibility index (Phi) is 5.48. The summed E-state index contributed by atoms with van der Waals surface area (Å²) in [6.07, 6.45) is 1.65. The van der Waals surface area contributed by atoms with Gasteiger partial charge >= 0.3 is 0 Å². The van der Waals surface area contributed by atoms with Crippen molar-refractivity contribution in [2.24, 2.45) is 0 Å². The Bertz CT molecular complexity index is 1320. The highest BCUT2D eigenvalue weighted by Gasteiger charge is 2.18. The molecule has 154 valence electrons. The zero-order valence-electron chi connectivity index (χ0n) is 17.6. The monoisotopic (exact) mass is 410 g/mol. The molecule has 4 rings (SSSR count). The quantitative estimate of drug-likeness (QED) is 0.363. The minimum atomic E-state index is -0.0741. The number of nitriles is 1. The first-order valence-corrected chi connectivity index (χ1v) is 9.85. The van der Waals surface area contributed by atoms with Gasteiger partial charge in [0.1, 0.15) is 5.82 Å². The second kappa shape index (κ2) is 8.38. The van der Waals surface area contributed by atoms with Gasteiger partial charge in [0.25, 0.3) is 0 Å². The molecule has 0 aliphatic carbocycles. The van der Waals surface area contributed by atoms with Crippen molar-refractivity contribution in [1.29, 1.82) is 5.26 Å². The lowest BCUT2D eigenvalue weighted by molar-refractivity contribution is 0.101. The van der Waals surface area contributed by atoms with Crippen LogP contribution in [-0.4, -0.2) is 46.4 Å². The predicted molar refractivity (Wildman–Crippen MR) is 122 cm³/mol. The van der Waals surface area contributed by atoms with Crippen LogP contribution in [0.3, 0.4) is 0 Å². The summed E-state index contributed by atoms with van der Waals surface area (Å²) in [5, 5.41) is 12.6. The molecule has 2 aromatic heterocycles. The fourth-order valence-electron chi connectivity index (χ4n) is 3.43. The van der Waals surface area contributed by atoms with Crippen LogP contribution >= 0.6 is 0 Å². The van der Waals surface area contributed by atoms with Crippen molar-refractivity contribution >= 4 is 22.6 Å². The second-order valence-corrected chi connectivity index (χ2v) is 7.58. The van der Waals surface area contributed by atoms with Gasteiger partial charge in [-0.15, -0.1) is 0 Å². The van der Waals surface area contributed by atoms with Gasteiger partial charge in [-0.1, -0.05) is 18.2 Å². The number of nitrogens with zero attached hydrogens (tertiary/aromatic N) is 4. The Morgan fingerprint density at radius 2 is 2.00 bits per heavy atom. The number of imidazole rings is 1. The number of anilines is 1. The number of Topliss-reactive ketones (excluding diaryl/α,β-unsaturated/α-hetero) is 1. The Morgan fingerprint density at radius 1 is 1.16 bits per heavy atom. The van der Waals surface area contributed by atoms with E-state index in [1.165, 1.54) is 6.92 Å². The van der Waals surface area contributed by atoms with Gasteiger partial charge in [0.2, 0.25) is 0 Å².